The molecule has 0 heterocycles. The maximum absolute atomic E-state index is 12.2. The Morgan fingerprint density at radius 3 is 2.54 bits per heavy atom. The van der Waals surface area contributed by atoms with Crippen LogP contribution in [0.3, 0.4) is 0 Å². The summed E-state index contributed by atoms with van der Waals surface area (Å²) in [4.78, 5) is 12.2. The highest BCUT2D eigenvalue weighted by atomic mass is 35.5. The van der Waals surface area contributed by atoms with Gasteiger partial charge >= 0.3 is 0 Å². The van der Waals surface area contributed by atoms with Gasteiger partial charge in [0, 0.05) is 18.7 Å². The van der Waals surface area contributed by atoms with Gasteiger partial charge in [0.05, 0.1) is 18.7 Å². The predicted octanol–water partition coefficient (Wildman–Crippen LogP) is 3.53. The number of ether oxygens (including phenoxy) is 2. The van der Waals surface area contributed by atoms with Gasteiger partial charge < -0.3 is 20.1 Å². The summed E-state index contributed by atoms with van der Waals surface area (Å²) in [6.45, 7) is 8.97. The molecule has 0 saturated carbocycles. The molecule has 0 spiro atoms. The van der Waals surface area contributed by atoms with Crippen LogP contribution in [0.4, 0.5) is 0 Å². The Morgan fingerprint density at radius 2 is 1.96 bits per heavy atom. The SMILES string of the molecule is CCCNCCNC(=O)c1cc(Cl)c(OCC(C)C)c(OC)c1.Cl. The molecular weight excluding hydrogens is 351 g/mol. The Hall–Kier alpha value is -1.17. The lowest BCUT2D eigenvalue weighted by atomic mass is 10.2. The molecule has 24 heavy (non-hydrogen) atoms. The van der Waals surface area contributed by atoms with Crippen LogP contribution in [0.25, 0.3) is 0 Å². The Kier molecular flexibility index (Phi) is 11.6. The number of hydrogen-bond donors (Lipinski definition) is 2. The van der Waals surface area contributed by atoms with Gasteiger partial charge in [0.1, 0.15) is 0 Å². The Bertz CT molecular complexity index is 511. The van der Waals surface area contributed by atoms with E-state index in [-0.39, 0.29) is 18.3 Å². The number of methoxy groups -OCH3 is 1. The van der Waals surface area contributed by atoms with Gasteiger partial charge in [-0.3, -0.25) is 4.79 Å². The van der Waals surface area contributed by atoms with E-state index < -0.39 is 0 Å². The summed E-state index contributed by atoms with van der Waals surface area (Å²) >= 11 is 6.25. The summed E-state index contributed by atoms with van der Waals surface area (Å²) in [6.07, 6.45) is 1.07. The van der Waals surface area contributed by atoms with Gasteiger partial charge in [-0.1, -0.05) is 32.4 Å². The number of nitrogens with one attached hydrogen (secondary N) is 2. The van der Waals surface area contributed by atoms with Crippen molar-refractivity contribution in [1.29, 1.82) is 0 Å². The minimum atomic E-state index is -0.182. The van der Waals surface area contributed by atoms with Crippen LogP contribution in [0.2, 0.25) is 5.02 Å². The fourth-order valence-electron chi connectivity index (χ4n) is 1.91. The number of carbonyl (C=O) groups excluding carboxylic acids is 1. The van der Waals surface area contributed by atoms with Gasteiger partial charge in [-0.15, -0.1) is 12.4 Å². The molecule has 0 atom stereocenters. The molecule has 0 bridgehead atoms. The second kappa shape index (κ2) is 12.2. The minimum absolute atomic E-state index is 0. The molecule has 0 aliphatic carbocycles. The summed E-state index contributed by atoms with van der Waals surface area (Å²) in [5.41, 5.74) is 0.458. The van der Waals surface area contributed by atoms with Crippen LogP contribution in [-0.4, -0.2) is 39.3 Å². The second-order valence-corrected chi connectivity index (χ2v) is 6.11. The fourth-order valence-corrected chi connectivity index (χ4v) is 2.17. The molecule has 138 valence electrons. The summed E-state index contributed by atoms with van der Waals surface area (Å²) < 4.78 is 11.0. The largest absolute Gasteiger partial charge is 0.493 e. The van der Waals surface area contributed by atoms with Gasteiger partial charge in [0.2, 0.25) is 0 Å². The number of rotatable bonds is 10. The summed E-state index contributed by atoms with van der Waals surface area (Å²) in [7, 11) is 1.53. The molecule has 0 saturated heterocycles. The summed E-state index contributed by atoms with van der Waals surface area (Å²) in [5.74, 6) is 1.13. The number of hydrogen-bond acceptors (Lipinski definition) is 4. The van der Waals surface area contributed by atoms with Crippen LogP contribution in [0, 0.1) is 5.92 Å². The van der Waals surface area contributed by atoms with Crippen molar-refractivity contribution in [1.82, 2.24) is 10.6 Å². The predicted molar refractivity (Wildman–Crippen MR) is 101 cm³/mol. The van der Waals surface area contributed by atoms with Gasteiger partial charge in [-0.25, -0.2) is 0 Å². The van der Waals surface area contributed by atoms with E-state index in [4.69, 9.17) is 21.1 Å². The highest BCUT2D eigenvalue weighted by Crippen LogP contribution is 2.36. The molecule has 1 aromatic carbocycles. The van der Waals surface area contributed by atoms with Crippen LogP contribution < -0.4 is 20.1 Å². The zero-order valence-corrected chi connectivity index (χ0v) is 16.4. The van der Waals surface area contributed by atoms with E-state index >= 15 is 0 Å². The van der Waals surface area contributed by atoms with E-state index in [2.05, 4.69) is 31.4 Å². The molecule has 1 aromatic rings. The standard InChI is InChI=1S/C17H27ClN2O3.ClH/c1-5-6-19-7-8-20-17(21)13-9-14(18)16(15(10-13)22-4)23-11-12(2)3;/h9-10,12,19H,5-8,11H2,1-4H3,(H,20,21);1H. The topological polar surface area (TPSA) is 59.6 Å². The van der Waals surface area contributed by atoms with Crippen LogP contribution in [0.15, 0.2) is 12.1 Å². The Labute approximate surface area is 155 Å². The average Bonchev–Trinajstić information content (AvgIpc) is 2.52. The van der Waals surface area contributed by atoms with Gasteiger partial charge in [0.15, 0.2) is 11.5 Å². The van der Waals surface area contributed by atoms with Crippen LogP contribution in [0.1, 0.15) is 37.6 Å². The van der Waals surface area contributed by atoms with Crippen molar-refractivity contribution in [3.63, 3.8) is 0 Å². The zero-order chi connectivity index (χ0) is 17.2. The van der Waals surface area contributed by atoms with E-state index in [0.29, 0.717) is 41.2 Å². The molecule has 0 fully saturated rings. The number of halogens is 2. The lowest BCUT2D eigenvalue weighted by Crippen LogP contribution is -2.32. The van der Waals surface area contributed by atoms with Gasteiger partial charge in [0.25, 0.3) is 5.91 Å². The molecule has 7 heteroatoms. The van der Waals surface area contributed by atoms with E-state index in [1.807, 2.05) is 0 Å². The van der Waals surface area contributed by atoms with E-state index in [0.717, 1.165) is 19.5 Å². The number of benzene rings is 1. The minimum Gasteiger partial charge on any atom is -0.493 e. The van der Waals surface area contributed by atoms with Crippen LogP contribution in [0.5, 0.6) is 11.5 Å². The summed E-state index contributed by atoms with van der Waals surface area (Å²) in [5, 5.41) is 6.45. The molecule has 1 rings (SSSR count). The van der Waals surface area contributed by atoms with Gasteiger partial charge in [-0.2, -0.15) is 0 Å². The van der Waals surface area contributed by atoms with Crippen molar-refractivity contribution in [2.24, 2.45) is 5.92 Å². The highest BCUT2D eigenvalue weighted by Gasteiger charge is 2.16. The third-order valence-corrected chi connectivity index (χ3v) is 3.35. The van der Waals surface area contributed by atoms with Crippen molar-refractivity contribution >= 4 is 29.9 Å². The number of carbonyl (C=O) groups is 1. The second-order valence-electron chi connectivity index (χ2n) is 5.70. The first-order chi connectivity index (χ1) is 11.0. The molecule has 0 aromatic heterocycles. The third-order valence-electron chi connectivity index (χ3n) is 3.07. The molecule has 0 aliphatic heterocycles. The third kappa shape index (κ3) is 7.60. The Morgan fingerprint density at radius 1 is 1.25 bits per heavy atom. The first kappa shape index (κ1) is 22.8. The molecule has 1 amide bonds. The van der Waals surface area contributed by atoms with E-state index in [9.17, 15) is 4.79 Å². The normalized spacial score (nSPS) is 10.2. The van der Waals surface area contributed by atoms with Crippen LogP contribution in [-0.2, 0) is 0 Å². The van der Waals surface area contributed by atoms with Crippen molar-refractivity contribution in [2.45, 2.75) is 27.2 Å². The first-order valence-corrected chi connectivity index (χ1v) is 8.36. The van der Waals surface area contributed by atoms with Crippen molar-refractivity contribution in [2.75, 3.05) is 33.4 Å². The summed E-state index contributed by atoms with van der Waals surface area (Å²) in [6, 6.07) is 3.25. The molecule has 0 aliphatic rings. The van der Waals surface area contributed by atoms with E-state index in [1.165, 1.54) is 7.11 Å². The maximum Gasteiger partial charge on any atom is 0.251 e. The van der Waals surface area contributed by atoms with E-state index in [1.54, 1.807) is 12.1 Å². The smallest absolute Gasteiger partial charge is 0.251 e. The first-order valence-electron chi connectivity index (χ1n) is 7.98. The van der Waals surface area contributed by atoms with Crippen LogP contribution >= 0.6 is 24.0 Å². The monoisotopic (exact) mass is 378 g/mol. The lowest BCUT2D eigenvalue weighted by molar-refractivity contribution is 0.0953. The van der Waals surface area contributed by atoms with Crippen molar-refractivity contribution in [3.8, 4) is 11.5 Å². The quantitative estimate of drug-likeness (QED) is 0.611. The zero-order valence-electron chi connectivity index (χ0n) is 14.8. The van der Waals surface area contributed by atoms with Crippen molar-refractivity contribution < 1.29 is 14.3 Å². The molecule has 2 N–H and O–H groups in total. The van der Waals surface area contributed by atoms with Crippen molar-refractivity contribution in [3.05, 3.63) is 22.7 Å². The highest BCUT2D eigenvalue weighted by molar-refractivity contribution is 6.32. The molecule has 5 nitrogen and oxygen atoms in total. The maximum atomic E-state index is 12.2. The van der Waals surface area contributed by atoms with Gasteiger partial charge in [-0.05, 0) is 31.0 Å². The average molecular weight is 379 g/mol. The lowest BCUT2D eigenvalue weighted by Gasteiger charge is -2.15. The molecule has 0 radical (unpaired) electrons. The number of amides is 1. The Balaban J connectivity index is 0.00000529. The molecule has 0 unspecified atom stereocenters. The molecular formula is C17H28Cl2N2O3. The fraction of sp³-hybridized carbons (Fsp3) is 0.588.